The van der Waals surface area contributed by atoms with Crippen LogP contribution >= 0.6 is 0 Å². The molecule has 0 saturated heterocycles. The van der Waals surface area contributed by atoms with Crippen molar-refractivity contribution in [2.24, 2.45) is 4.99 Å². The molecule has 0 bridgehead atoms. The summed E-state index contributed by atoms with van der Waals surface area (Å²) in [6, 6.07) is 18.8. The first-order valence-electron chi connectivity index (χ1n) is 9.71. The number of aliphatic imine (C=N–C) groups is 1. The van der Waals surface area contributed by atoms with Gasteiger partial charge in [-0.1, -0.05) is 48.5 Å². The Hall–Kier alpha value is -2.93. The predicted molar refractivity (Wildman–Crippen MR) is 121 cm³/mol. The van der Waals surface area contributed by atoms with Crippen LogP contribution < -0.4 is 10.6 Å². The molecular formula is C23H26FN3O2S. The van der Waals surface area contributed by atoms with Crippen LogP contribution in [0.4, 0.5) is 4.39 Å². The largest absolute Gasteiger partial charge is 0.356 e. The maximum Gasteiger partial charge on any atom is 0.191 e. The fraction of sp³-hybridized carbons (Fsp3) is 0.261. The summed E-state index contributed by atoms with van der Waals surface area (Å²) in [4.78, 5) is 4.19. The van der Waals surface area contributed by atoms with Crippen LogP contribution in [0.15, 0.2) is 65.7 Å². The zero-order valence-corrected chi connectivity index (χ0v) is 18.0. The van der Waals surface area contributed by atoms with E-state index < -0.39 is 15.7 Å². The Bertz CT molecular complexity index is 1160. The second kappa shape index (κ2) is 9.71. The van der Waals surface area contributed by atoms with Gasteiger partial charge in [-0.3, -0.25) is 4.99 Å². The van der Waals surface area contributed by atoms with E-state index in [2.05, 4.69) is 46.0 Å². The molecule has 0 saturated carbocycles. The molecule has 0 aromatic heterocycles. The van der Waals surface area contributed by atoms with Crippen molar-refractivity contribution in [1.82, 2.24) is 10.6 Å². The van der Waals surface area contributed by atoms with Crippen LogP contribution in [0.2, 0.25) is 0 Å². The summed E-state index contributed by atoms with van der Waals surface area (Å²) in [6.45, 7) is 0.954. The molecule has 158 valence electrons. The molecular weight excluding hydrogens is 401 g/mol. The van der Waals surface area contributed by atoms with Gasteiger partial charge in [0.15, 0.2) is 15.8 Å². The van der Waals surface area contributed by atoms with Gasteiger partial charge in [0.2, 0.25) is 0 Å². The minimum absolute atomic E-state index is 0.127. The molecule has 0 atom stereocenters. The first kappa shape index (κ1) is 21.8. The van der Waals surface area contributed by atoms with E-state index >= 15 is 0 Å². The van der Waals surface area contributed by atoms with E-state index in [1.807, 2.05) is 12.1 Å². The molecule has 0 aliphatic heterocycles. The molecule has 0 unspecified atom stereocenters. The third-order valence-electron chi connectivity index (χ3n) is 4.78. The third-order valence-corrected chi connectivity index (χ3v) is 5.61. The van der Waals surface area contributed by atoms with Gasteiger partial charge in [0.1, 0.15) is 5.82 Å². The molecule has 3 aromatic carbocycles. The maximum absolute atomic E-state index is 13.7. The van der Waals surface area contributed by atoms with Crippen molar-refractivity contribution in [2.45, 2.75) is 18.7 Å². The van der Waals surface area contributed by atoms with Gasteiger partial charge in [0.05, 0.1) is 5.75 Å². The number of guanidine groups is 1. The second-order valence-electron chi connectivity index (χ2n) is 7.27. The van der Waals surface area contributed by atoms with E-state index in [1.165, 1.54) is 40.8 Å². The number of nitrogens with one attached hydrogen (secondary N) is 2. The van der Waals surface area contributed by atoms with Gasteiger partial charge in [-0.25, -0.2) is 12.8 Å². The van der Waals surface area contributed by atoms with E-state index in [0.717, 1.165) is 6.42 Å². The summed E-state index contributed by atoms with van der Waals surface area (Å²) < 4.78 is 36.9. The van der Waals surface area contributed by atoms with Crippen molar-refractivity contribution >= 4 is 26.6 Å². The smallest absolute Gasteiger partial charge is 0.191 e. The van der Waals surface area contributed by atoms with Gasteiger partial charge in [-0.15, -0.1) is 0 Å². The fourth-order valence-corrected chi connectivity index (χ4v) is 4.15. The SMILES string of the molecule is CN=C(NCCc1ccc2ccccc2c1)NCc1cc(F)ccc1CS(C)(=O)=O. The highest BCUT2D eigenvalue weighted by atomic mass is 32.2. The Morgan fingerprint density at radius 1 is 0.967 bits per heavy atom. The first-order valence-corrected chi connectivity index (χ1v) is 11.8. The molecule has 0 amide bonds. The normalized spacial score (nSPS) is 12.2. The standard InChI is InChI=1S/C23H26FN3O2S/c1-25-23(26-12-11-17-7-8-18-5-3-4-6-19(18)13-17)27-15-21-14-22(24)10-9-20(21)16-30(2,28)29/h3-10,13-14H,11-12,15-16H2,1-2H3,(H2,25,26,27). The molecule has 3 rings (SSSR count). The second-order valence-corrected chi connectivity index (χ2v) is 9.41. The highest BCUT2D eigenvalue weighted by Gasteiger charge is 2.11. The van der Waals surface area contributed by atoms with Crippen molar-refractivity contribution in [1.29, 1.82) is 0 Å². The molecule has 0 spiro atoms. The number of rotatable bonds is 7. The van der Waals surface area contributed by atoms with Crippen LogP contribution in [0.3, 0.4) is 0 Å². The van der Waals surface area contributed by atoms with E-state index in [9.17, 15) is 12.8 Å². The van der Waals surface area contributed by atoms with Gasteiger partial charge in [-0.05, 0) is 46.0 Å². The Morgan fingerprint density at radius 2 is 1.73 bits per heavy atom. The van der Waals surface area contributed by atoms with Gasteiger partial charge in [0.25, 0.3) is 0 Å². The van der Waals surface area contributed by atoms with Gasteiger partial charge >= 0.3 is 0 Å². The Morgan fingerprint density at radius 3 is 2.47 bits per heavy atom. The molecule has 30 heavy (non-hydrogen) atoms. The summed E-state index contributed by atoms with van der Waals surface area (Å²) in [5.74, 6) is 0.0480. The monoisotopic (exact) mass is 427 g/mol. The number of benzene rings is 3. The van der Waals surface area contributed by atoms with Crippen LogP contribution in [-0.4, -0.2) is 34.2 Å². The predicted octanol–water partition coefficient (Wildman–Crippen LogP) is 3.43. The van der Waals surface area contributed by atoms with Crippen molar-refractivity contribution in [2.75, 3.05) is 19.8 Å². The minimum Gasteiger partial charge on any atom is -0.356 e. The molecule has 7 heteroatoms. The lowest BCUT2D eigenvalue weighted by atomic mass is 10.1. The van der Waals surface area contributed by atoms with E-state index in [-0.39, 0.29) is 12.3 Å². The van der Waals surface area contributed by atoms with Crippen molar-refractivity contribution in [3.05, 3.63) is 83.2 Å². The number of halogens is 1. The lowest BCUT2D eigenvalue weighted by molar-refractivity contribution is 0.599. The fourth-order valence-electron chi connectivity index (χ4n) is 3.30. The Kier molecular flexibility index (Phi) is 7.05. The molecule has 5 nitrogen and oxygen atoms in total. The van der Waals surface area contributed by atoms with Crippen LogP contribution in [0.1, 0.15) is 16.7 Å². The van der Waals surface area contributed by atoms with Crippen LogP contribution in [0.5, 0.6) is 0 Å². The molecule has 3 aromatic rings. The van der Waals surface area contributed by atoms with E-state index in [0.29, 0.717) is 23.6 Å². The van der Waals surface area contributed by atoms with Gasteiger partial charge in [-0.2, -0.15) is 0 Å². The molecule has 0 aliphatic carbocycles. The van der Waals surface area contributed by atoms with Gasteiger partial charge < -0.3 is 10.6 Å². The summed E-state index contributed by atoms with van der Waals surface area (Å²) in [6.07, 6.45) is 1.99. The van der Waals surface area contributed by atoms with Crippen molar-refractivity contribution < 1.29 is 12.8 Å². The minimum atomic E-state index is -3.21. The highest BCUT2D eigenvalue weighted by Crippen LogP contribution is 2.16. The van der Waals surface area contributed by atoms with E-state index in [4.69, 9.17) is 0 Å². The maximum atomic E-state index is 13.7. The summed E-state index contributed by atoms with van der Waals surface area (Å²) in [5, 5.41) is 8.80. The third kappa shape index (κ3) is 6.29. The number of nitrogens with zero attached hydrogens (tertiary/aromatic N) is 1. The number of sulfone groups is 1. The van der Waals surface area contributed by atoms with E-state index in [1.54, 1.807) is 7.05 Å². The Labute approximate surface area is 177 Å². The molecule has 0 radical (unpaired) electrons. The Balaban J connectivity index is 1.58. The lowest BCUT2D eigenvalue weighted by Crippen LogP contribution is -2.38. The molecule has 0 fully saturated rings. The van der Waals surface area contributed by atoms with Crippen molar-refractivity contribution in [3.8, 4) is 0 Å². The van der Waals surface area contributed by atoms with Crippen LogP contribution in [0.25, 0.3) is 10.8 Å². The topological polar surface area (TPSA) is 70.6 Å². The lowest BCUT2D eigenvalue weighted by Gasteiger charge is -2.14. The first-order chi connectivity index (χ1) is 14.3. The quantitative estimate of drug-likeness (QED) is 0.448. The average Bonchev–Trinajstić information content (AvgIpc) is 2.71. The van der Waals surface area contributed by atoms with Gasteiger partial charge in [0, 0.05) is 26.4 Å². The molecule has 0 aliphatic rings. The molecule has 2 N–H and O–H groups in total. The average molecular weight is 428 g/mol. The zero-order valence-electron chi connectivity index (χ0n) is 17.2. The van der Waals surface area contributed by atoms with Crippen molar-refractivity contribution in [3.63, 3.8) is 0 Å². The summed E-state index contributed by atoms with van der Waals surface area (Å²) in [7, 11) is -1.55. The number of hydrogen-bond donors (Lipinski definition) is 2. The zero-order chi connectivity index (χ0) is 21.6. The van der Waals surface area contributed by atoms with Crippen LogP contribution in [0, 0.1) is 5.82 Å². The number of hydrogen-bond acceptors (Lipinski definition) is 3. The summed E-state index contributed by atoms with van der Waals surface area (Å²) >= 11 is 0. The number of fused-ring (bicyclic) bond motifs is 1. The molecule has 0 heterocycles. The highest BCUT2D eigenvalue weighted by molar-refractivity contribution is 7.89. The van der Waals surface area contributed by atoms with Crippen LogP contribution in [-0.2, 0) is 28.6 Å². The summed E-state index contributed by atoms with van der Waals surface area (Å²) in [5.41, 5.74) is 2.40.